The molecule has 0 fully saturated rings. The van der Waals surface area contributed by atoms with Gasteiger partial charge in [0.2, 0.25) is 12.7 Å². The van der Waals surface area contributed by atoms with Crippen molar-refractivity contribution in [3.05, 3.63) is 58.2 Å². The highest BCUT2D eigenvalue weighted by Crippen LogP contribution is 2.38. The molecule has 1 heterocycles. The fourth-order valence-electron chi connectivity index (χ4n) is 2.39. The minimum atomic E-state index is -3.41. The van der Waals surface area contributed by atoms with Crippen LogP contribution in [0.2, 0.25) is 0 Å². The van der Waals surface area contributed by atoms with Crippen LogP contribution in [-0.2, 0) is 14.6 Å². The lowest BCUT2D eigenvalue weighted by molar-refractivity contribution is -0.385. The molecule has 0 radical (unpaired) electrons. The van der Waals surface area contributed by atoms with E-state index in [0.29, 0.717) is 5.75 Å². The van der Waals surface area contributed by atoms with Gasteiger partial charge in [-0.3, -0.25) is 14.9 Å². The summed E-state index contributed by atoms with van der Waals surface area (Å²) in [5.74, 6) is 0.0371. The van der Waals surface area contributed by atoms with E-state index >= 15 is 0 Å². The number of carbonyl (C=O) groups is 1. The number of amides is 1. The second kappa shape index (κ2) is 7.08. The molecule has 2 aromatic carbocycles. The number of nitro benzene ring substituents is 1. The van der Waals surface area contributed by atoms with Crippen LogP contribution in [0.25, 0.3) is 6.08 Å². The Balaban J connectivity index is 1.81. The third-order valence-corrected chi connectivity index (χ3v) is 4.77. The van der Waals surface area contributed by atoms with Crippen molar-refractivity contribution in [1.82, 2.24) is 0 Å². The molecule has 1 amide bonds. The molecule has 10 heteroatoms. The summed E-state index contributed by atoms with van der Waals surface area (Å²) in [6.45, 7) is -0.0309. The molecule has 0 unspecified atom stereocenters. The fraction of sp³-hybridized carbons (Fsp3) is 0.118. The van der Waals surface area contributed by atoms with Crippen molar-refractivity contribution in [1.29, 1.82) is 0 Å². The molecule has 0 spiro atoms. The summed E-state index contributed by atoms with van der Waals surface area (Å²) in [5, 5.41) is 13.7. The number of sulfone groups is 1. The number of nitrogens with one attached hydrogen (secondary N) is 1. The Labute approximate surface area is 154 Å². The lowest BCUT2D eigenvalue weighted by Crippen LogP contribution is -2.08. The molecule has 0 aromatic heterocycles. The average molecular weight is 390 g/mol. The van der Waals surface area contributed by atoms with Gasteiger partial charge in [0.1, 0.15) is 0 Å². The van der Waals surface area contributed by atoms with Crippen molar-refractivity contribution < 1.29 is 27.6 Å². The Morgan fingerprint density at radius 3 is 2.59 bits per heavy atom. The van der Waals surface area contributed by atoms with Gasteiger partial charge >= 0.3 is 0 Å². The van der Waals surface area contributed by atoms with Crippen LogP contribution in [0, 0.1) is 10.1 Å². The molecular weight excluding hydrogens is 376 g/mol. The van der Waals surface area contributed by atoms with Crippen molar-refractivity contribution in [3.63, 3.8) is 0 Å². The van der Waals surface area contributed by atoms with Crippen molar-refractivity contribution in [2.45, 2.75) is 4.90 Å². The number of hydrogen-bond donors (Lipinski definition) is 1. The first kappa shape index (κ1) is 18.4. The average Bonchev–Trinajstić information content (AvgIpc) is 3.06. The smallest absolute Gasteiger partial charge is 0.280 e. The van der Waals surface area contributed by atoms with Gasteiger partial charge in [0.15, 0.2) is 21.3 Å². The summed E-state index contributed by atoms with van der Waals surface area (Å²) in [5.41, 5.74) is 0.222. The number of benzene rings is 2. The van der Waals surface area contributed by atoms with Crippen molar-refractivity contribution in [2.75, 3.05) is 18.4 Å². The predicted molar refractivity (Wildman–Crippen MR) is 96.4 cm³/mol. The van der Waals surface area contributed by atoms with Crippen molar-refractivity contribution in [3.8, 4) is 11.5 Å². The Kier molecular flexibility index (Phi) is 4.82. The Morgan fingerprint density at radius 2 is 1.93 bits per heavy atom. The van der Waals surface area contributed by atoms with E-state index in [1.54, 1.807) is 0 Å². The first-order valence-electron chi connectivity index (χ1n) is 7.61. The maximum atomic E-state index is 12.1. The van der Waals surface area contributed by atoms with Crippen LogP contribution in [-0.4, -0.2) is 32.3 Å². The van der Waals surface area contributed by atoms with Crippen LogP contribution in [0.3, 0.4) is 0 Å². The van der Waals surface area contributed by atoms with Crippen LogP contribution in [0.5, 0.6) is 11.5 Å². The number of nitrogens with zero attached hydrogens (tertiary/aromatic N) is 1. The topological polar surface area (TPSA) is 125 Å². The molecule has 27 heavy (non-hydrogen) atoms. The molecule has 0 bridgehead atoms. The molecule has 1 N–H and O–H groups in total. The minimum Gasteiger partial charge on any atom is -0.454 e. The maximum Gasteiger partial charge on any atom is 0.280 e. The molecule has 140 valence electrons. The second-order valence-corrected chi connectivity index (χ2v) is 7.66. The van der Waals surface area contributed by atoms with Gasteiger partial charge in [-0.05, 0) is 30.3 Å². The van der Waals surface area contributed by atoms with Gasteiger partial charge in [0.25, 0.3) is 5.69 Å². The number of ether oxygens (including phenoxy) is 2. The van der Waals surface area contributed by atoms with Gasteiger partial charge < -0.3 is 14.8 Å². The van der Waals surface area contributed by atoms with Crippen molar-refractivity contribution >= 4 is 33.2 Å². The van der Waals surface area contributed by atoms with Gasteiger partial charge in [0.05, 0.1) is 21.4 Å². The largest absolute Gasteiger partial charge is 0.454 e. The van der Waals surface area contributed by atoms with Crippen LogP contribution in [0.1, 0.15) is 5.56 Å². The fourth-order valence-corrected chi connectivity index (χ4v) is 3.06. The number of rotatable bonds is 5. The quantitative estimate of drug-likeness (QED) is 0.472. The third kappa shape index (κ3) is 4.23. The molecule has 0 saturated carbocycles. The Morgan fingerprint density at radius 1 is 1.22 bits per heavy atom. The summed E-state index contributed by atoms with van der Waals surface area (Å²) >= 11 is 0. The maximum absolute atomic E-state index is 12.1. The molecular formula is C17H14N2O7S. The van der Waals surface area contributed by atoms with E-state index in [0.717, 1.165) is 12.3 Å². The molecule has 3 rings (SSSR count). The Hall–Kier alpha value is -3.40. The zero-order valence-electron chi connectivity index (χ0n) is 14.0. The van der Waals surface area contributed by atoms with E-state index in [4.69, 9.17) is 9.47 Å². The molecule has 0 saturated heterocycles. The van der Waals surface area contributed by atoms with E-state index in [-0.39, 0.29) is 34.4 Å². The summed E-state index contributed by atoms with van der Waals surface area (Å²) in [6.07, 6.45) is 3.44. The zero-order valence-corrected chi connectivity index (χ0v) is 14.9. The highest BCUT2D eigenvalue weighted by Gasteiger charge is 2.22. The lowest BCUT2D eigenvalue weighted by Gasteiger charge is -2.05. The highest BCUT2D eigenvalue weighted by molar-refractivity contribution is 7.90. The van der Waals surface area contributed by atoms with E-state index in [1.165, 1.54) is 42.5 Å². The normalized spacial score (nSPS) is 12.9. The number of fused-ring (bicyclic) bond motifs is 1. The number of anilines is 1. The van der Waals surface area contributed by atoms with Gasteiger partial charge in [-0.15, -0.1) is 0 Å². The molecule has 0 aliphatic carbocycles. The molecule has 1 aliphatic rings. The highest BCUT2D eigenvalue weighted by atomic mass is 32.2. The molecule has 0 atom stereocenters. The summed E-state index contributed by atoms with van der Waals surface area (Å²) in [4.78, 5) is 22.8. The van der Waals surface area contributed by atoms with E-state index < -0.39 is 20.7 Å². The second-order valence-electron chi connectivity index (χ2n) is 5.64. The standard InChI is InChI=1S/C17H14N2O7S/c1-27(23,24)13-4-2-3-12(8-13)18-17(20)6-5-11-7-15-16(26-10-25-15)9-14(11)19(21)22/h2-9H,10H2,1H3,(H,18,20)/b6-5+. The van der Waals surface area contributed by atoms with Gasteiger partial charge in [-0.2, -0.15) is 0 Å². The first-order valence-corrected chi connectivity index (χ1v) is 9.50. The van der Waals surface area contributed by atoms with Gasteiger partial charge in [-0.25, -0.2) is 8.42 Å². The zero-order chi connectivity index (χ0) is 19.6. The number of nitro groups is 1. The van der Waals surface area contributed by atoms with E-state index in [9.17, 15) is 23.3 Å². The summed E-state index contributed by atoms with van der Waals surface area (Å²) in [7, 11) is -3.41. The van der Waals surface area contributed by atoms with Crippen LogP contribution in [0.15, 0.2) is 47.4 Å². The monoisotopic (exact) mass is 390 g/mol. The first-order chi connectivity index (χ1) is 12.7. The Bertz CT molecular complexity index is 1060. The van der Waals surface area contributed by atoms with Crippen LogP contribution >= 0.6 is 0 Å². The summed E-state index contributed by atoms with van der Waals surface area (Å²) < 4.78 is 33.4. The minimum absolute atomic E-state index is 0.0309. The number of hydrogen-bond acceptors (Lipinski definition) is 7. The van der Waals surface area contributed by atoms with Crippen LogP contribution in [0.4, 0.5) is 11.4 Å². The lowest BCUT2D eigenvalue weighted by atomic mass is 10.1. The van der Waals surface area contributed by atoms with E-state index in [1.807, 2.05) is 0 Å². The van der Waals surface area contributed by atoms with Crippen LogP contribution < -0.4 is 14.8 Å². The molecule has 2 aromatic rings. The number of carbonyl (C=O) groups excluding carboxylic acids is 1. The van der Waals surface area contributed by atoms with Gasteiger partial charge in [0, 0.05) is 18.0 Å². The van der Waals surface area contributed by atoms with Crippen molar-refractivity contribution in [2.24, 2.45) is 0 Å². The molecule has 9 nitrogen and oxygen atoms in total. The van der Waals surface area contributed by atoms with E-state index in [2.05, 4.69) is 5.32 Å². The predicted octanol–water partition coefficient (Wildman–Crippen LogP) is 2.38. The third-order valence-electron chi connectivity index (χ3n) is 3.66. The summed E-state index contributed by atoms with van der Waals surface area (Å²) in [6, 6.07) is 8.41. The van der Waals surface area contributed by atoms with Gasteiger partial charge in [-0.1, -0.05) is 6.07 Å². The molecule has 1 aliphatic heterocycles. The SMILES string of the molecule is CS(=O)(=O)c1cccc(NC(=O)/C=C/c2cc3c(cc2[N+](=O)[O-])OCO3)c1.